The van der Waals surface area contributed by atoms with Crippen LogP contribution in [0.3, 0.4) is 0 Å². The Labute approximate surface area is 160 Å². The number of rotatable bonds is 4. The number of nitriles is 1. The summed E-state index contributed by atoms with van der Waals surface area (Å²) >= 11 is 7.27. The fourth-order valence-corrected chi connectivity index (χ4v) is 3.56. The highest BCUT2D eigenvalue weighted by molar-refractivity contribution is 8.00. The Balaban J connectivity index is 2.39. The number of hydrogen-bond acceptors (Lipinski definition) is 5. The zero-order chi connectivity index (χ0) is 18.8. The van der Waals surface area contributed by atoms with Crippen LogP contribution in [-0.4, -0.2) is 21.9 Å². The summed E-state index contributed by atoms with van der Waals surface area (Å²) in [6, 6.07) is 12.7. The van der Waals surface area contributed by atoms with E-state index in [-0.39, 0.29) is 10.8 Å². The van der Waals surface area contributed by atoms with Gasteiger partial charge in [-0.2, -0.15) is 5.26 Å². The van der Waals surface area contributed by atoms with E-state index >= 15 is 0 Å². The third-order valence-corrected chi connectivity index (χ3v) is 5.02. The van der Waals surface area contributed by atoms with Crippen LogP contribution in [0.2, 0.25) is 5.02 Å². The molecular weight excluding hydrogens is 370 g/mol. The summed E-state index contributed by atoms with van der Waals surface area (Å²) in [5, 5.41) is 10.2. The average Bonchev–Trinajstić information content (AvgIpc) is 2.61. The van der Waals surface area contributed by atoms with Crippen molar-refractivity contribution in [3.05, 3.63) is 57.3 Å². The number of aryl methyl sites for hydroxylation is 1. The molecule has 26 heavy (non-hydrogen) atoms. The van der Waals surface area contributed by atoms with E-state index in [1.165, 1.54) is 16.3 Å². The molecule has 0 aliphatic carbocycles. The molecule has 0 saturated carbocycles. The van der Waals surface area contributed by atoms with Gasteiger partial charge in [0.2, 0.25) is 0 Å². The summed E-state index contributed by atoms with van der Waals surface area (Å²) in [5.74, 6) is 0.555. The van der Waals surface area contributed by atoms with Crippen molar-refractivity contribution in [1.82, 2.24) is 9.55 Å². The topological polar surface area (TPSA) is 67.9 Å². The number of nitrogens with zero attached hydrogens (tertiary/aromatic N) is 3. The van der Waals surface area contributed by atoms with E-state index in [1.54, 1.807) is 32.2 Å². The first kappa shape index (κ1) is 18.3. The lowest BCUT2D eigenvalue weighted by molar-refractivity contribution is 0.411. The monoisotopic (exact) mass is 385 g/mol. The van der Waals surface area contributed by atoms with Crippen molar-refractivity contribution < 1.29 is 4.74 Å². The minimum atomic E-state index is -0.374. The Hall–Kier alpha value is -2.49. The van der Waals surface area contributed by atoms with Crippen LogP contribution in [0.15, 0.2) is 46.3 Å². The Morgan fingerprint density at radius 3 is 2.77 bits per heavy atom. The van der Waals surface area contributed by atoms with Gasteiger partial charge in [0.15, 0.2) is 5.16 Å². The molecule has 132 valence electrons. The second-order valence-corrected chi connectivity index (χ2v) is 7.51. The Morgan fingerprint density at radius 2 is 2.08 bits per heavy atom. The zero-order valence-electron chi connectivity index (χ0n) is 14.5. The molecule has 1 atom stereocenters. The standard InChI is InChI=1S/C19H16ClN3O2S/c1-11-4-7-17(25-3)16(8-11)23-18(24)14-6-5-13(20)9-15(14)22-19(23)26-12(2)10-21/h4-9,12H,1-3H3/t12-/m1/s1. The van der Waals surface area contributed by atoms with Crippen LogP contribution in [0.5, 0.6) is 5.75 Å². The third-order valence-electron chi connectivity index (χ3n) is 3.84. The minimum absolute atomic E-state index is 0.233. The molecule has 1 heterocycles. The SMILES string of the molecule is COc1ccc(C)cc1-n1c(S[C@H](C)C#N)nc2cc(Cl)ccc2c1=O. The van der Waals surface area contributed by atoms with Gasteiger partial charge in [0.05, 0.1) is 35.0 Å². The van der Waals surface area contributed by atoms with Crippen LogP contribution in [-0.2, 0) is 0 Å². The summed E-state index contributed by atoms with van der Waals surface area (Å²) in [7, 11) is 1.55. The van der Waals surface area contributed by atoms with E-state index < -0.39 is 0 Å². The summed E-state index contributed by atoms with van der Waals surface area (Å²) in [6.07, 6.45) is 0. The number of thioether (sulfide) groups is 1. The summed E-state index contributed by atoms with van der Waals surface area (Å²) in [4.78, 5) is 17.8. The predicted octanol–water partition coefficient (Wildman–Crippen LogP) is 4.36. The molecule has 0 amide bonds. The Bertz CT molecular complexity index is 1090. The third kappa shape index (κ3) is 3.41. The van der Waals surface area contributed by atoms with Crippen LogP contribution < -0.4 is 10.3 Å². The summed E-state index contributed by atoms with van der Waals surface area (Å²) in [6.45, 7) is 3.70. The predicted molar refractivity (Wildman–Crippen MR) is 105 cm³/mol. The van der Waals surface area contributed by atoms with Gasteiger partial charge in [-0.3, -0.25) is 9.36 Å². The molecule has 2 aromatic carbocycles. The molecule has 5 nitrogen and oxygen atoms in total. The fraction of sp³-hybridized carbons (Fsp3) is 0.211. The Morgan fingerprint density at radius 1 is 1.31 bits per heavy atom. The van der Waals surface area contributed by atoms with E-state index in [0.29, 0.717) is 32.5 Å². The first-order valence-corrected chi connectivity index (χ1v) is 9.14. The van der Waals surface area contributed by atoms with Gasteiger partial charge in [0, 0.05) is 5.02 Å². The molecule has 1 aromatic heterocycles. The van der Waals surface area contributed by atoms with Crippen LogP contribution in [0.4, 0.5) is 0 Å². The Kier molecular flexibility index (Phi) is 5.21. The van der Waals surface area contributed by atoms with Gasteiger partial charge in [0.1, 0.15) is 5.75 Å². The number of fused-ring (bicyclic) bond motifs is 1. The van der Waals surface area contributed by atoms with E-state index in [0.717, 1.165) is 5.56 Å². The molecule has 0 unspecified atom stereocenters. The van der Waals surface area contributed by atoms with Crippen molar-refractivity contribution in [3.8, 4) is 17.5 Å². The first-order chi connectivity index (χ1) is 12.4. The van der Waals surface area contributed by atoms with Crippen LogP contribution in [0.1, 0.15) is 12.5 Å². The smallest absolute Gasteiger partial charge is 0.266 e. The number of ether oxygens (including phenoxy) is 1. The first-order valence-electron chi connectivity index (χ1n) is 7.88. The lowest BCUT2D eigenvalue weighted by atomic mass is 10.2. The number of methoxy groups -OCH3 is 1. The molecule has 0 bridgehead atoms. The summed E-state index contributed by atoms with van der Waals surface area (Å²) < 4.78 is 6.94. The maximum absolute atomic E-state index is 13.2. The highest BCUT2D eigenvalue weighted by Gasteiger charge is 2.18. The maximum Gasteiger partial charge on any atom is 0.266 e. The molecule has 0 N–H and O–H groups in total. The molecule has 3 aromatic rings. The van der Waals surface area contributed by atoms with Crippen molar-refractivity contribution in [2.75, 3.05) is 7.11 Å². The van der Waals surface area contributed by atoms with Crippen LogP contribution >= 0.6 is 23.4 Å². The summed E-state index contributed by atoms with van der Waals surface area (Å²) in [5.41, 5.74) is 1.84. The highest BCUT2D eigenvalue weighted by Crippen LogP contribution is 2.30. The molecule has 0 aliphatic heterocycles. The number of hydrogen-bond donors (Lipinski definition) is 0. The number of halogens is 1. The quantitative estimate of drug-likeness (QED) is 0.493. The van der Waals surface area contributed by atoms with E-state index in [2.05, 4.69) is 11.1 Å². The maximum atomic E-state index is 13.2. The van der Waals surface area contributed by atoms with Crippen LogP contribution in [0, 0.1) is 18.3 Å². The van der Waals surface area contributed by atoms with Crippen molar-refractivity contribution in [3.63, 3.8) is 0 Å². The molecule has 0 saturated heterocycles. The van der Waals surface area contributed by atoms with Gasteiger partial charge in [0.25, 0.3) is 5.56 Å². The van der Waals surface area contributed by atoms with Crippen molar-refractivity contribution in [1.29, 1.82) is 5.26 Å². The second-order valence-electron chi connectivity index (χ2n) is 5.76. The van der Waals surface area contributed by atoms with E-state index in [1.807, 2.05) is 25.1 Å². The fourth-order valence-electron chi connectivity index (χ4n) is 2.59. The van der Waals surface area contributed by atoms with Crippen LogP contribution in [0.25, 0.3) is 16.6 Å². The van der Waals surface area contributed by atoms with Crippen molar-refractivity contribution in [2.45, 2.75) is 24.3 Å². The van der Waals surface area contributed by atoms with Gasteiger partial charge in [-0.1, -0.05) is 29.4 Å². The molecule has 0 aliphatic rings. The van der Waals surface area contributed by atoms with Crippen molar-refractivity contribution >= 4 is 34.3 Å². The molecule has 7 heteroatoms. The lowest BCUT2D eigenvalue weighted by Crippen LogP contribution is -2.23. The van der Waals surface area contributed by atoms with Gasteiger partial charge in [-0.05, 0) is 49.7 Å². The highest BCUT2D eigenvalue weighted by atomic mass is 35.5. The van der Waals surface area contributed by atoms with Gasteiger partial charge < -0.3 is 4.74 Å². The second kappa shape index (κ2) is 7.40. The van der Waals surface area contributed by atoms with Crippen molar-refractivity contribution in [2.24, 2.45) is 0 Å². The molecule has 0 spiro atoms. The largest absolute Gasteiger partial charge is 0.495 e. The van der Waals surface area contributed by atoms with Gasteiger partial charge in [-0.25, -0.2) is 4.98 Å². The number of aromatic nitrogens is 2. The molecule has 3 rings (SSSR count). The molecular formula is C19H16ClN3O2S. The minimum Gasteiger partial charge on any atom is -0.495 e. The van der Waals surface area contributed by atoms with Gasteiger partial charge in [-0.15, -0.1) is 0 Å². The van der Waals surface area contributed by atoms with E-state index in [9.17, 15) is 10.1 Å². The number of benzene rings is 2. The zero-order valence-corrected chi connectivity index (χ0v) is 16.1. The lowest BCUT2D eigenvalue weighted by Gasteiger charge is -2.17. The van der Waals surface area contributed by atoms with Gasteiger partial charge >= 0.3 is 0 Å². The van der Waals surface area contributed by atoms with E-state index in [4.69, 9.17) is 16.3 Å². The molecule has 0 radical (unpaired) electrons. The average molecular weight is 386 g/mol. The molecule has 0 fully saturated rings. The normalized spacial score (nSPS) is 12.0.